The average molecular weight is 387 g/mol. The Morgan fingerprint density at radius 1 is 1.11 bits per heavy atom. The van der Waals surface area contributed by atoms with Crippen LogP contribution in [-0.2, 0) is 11.0 Å². The first kappa shape index (κ1) is 18.5. The summed E-state index contributed by atoms with van der Waals surface area (Å²) in [6, 6.07) is 9.74. The van der Waals surface area contributed by atoms with Gasteiger partial charge in [0.2, 0.25) is 5.91 Å². The summed E-state index contributed by atoms with van der Waals surface area (Å²) in [5.74, 6) is 0.0234. The quantitative estimate of drug-likeness (QED) is 0.633. The molecule has 0 radical (unpaired) electrons. The number of benzene rings is 1. The minimum absolute atomic E-state index is 0.160. The van der Waals surface area contributed by atoms with Crippen molar-refractivity contribution in [3.63, 3.8) is 0 Å². The van der Waals surface area contributed by atoms with Gasteiger partial charge in [0, 0.05) is 30.3 Å². The Morgan fingerprint density at radius 2 is 1.79 bits per heavy atom. The molecule has 0 unspecified atom stereocenters. The summed E-state index contributed by atoms with van der Waals surface area (Å²) >= 11 is 0. The van der Waals surface area contributed by atoms with Gasteiger partial charge in [0.25, 0.3) is 0 Å². The topological polar surface area (TPSA) is 46.4 Å². The molecule has 2 heterocycles. The van der Waals surface area contributed by atoms with Crippen LogP contribution in [0.1, 0.15) is 49.8 Å². The summed E-state index contributed by atoms with van der Waals surface area (Å²) < 4.78 is 41.3. The predicted molar refractivity (Wildman–Crippen MR) is 101 cm³/mol. The smallest absolute Gasteiger partial charge is 0.326 e. The Balaban J connectivity index is 1.85. The van der Waals surface area contributed by atoms with Crippen LogP contribution in [0.3, 0.4) is 0 Å². The van der Waals surface area contributed by atoms with Crippen molar-refractivity contribution in [2.45, 2.75) is 44.7 Å². The molecule has 0 aliphatic heterocycles. The van der Waals surface area contributed by atoms with Crippen LogP contribution in [-0.4, -0.2) is 15.3 Å². The maximum absolute atomic E-state index is 13.2. The summed E-state index contributed by atoms with van der Waals surface area (Å²) in [5, 5.41) is 2.71. The van der Waals surface area contributed by atoms with Gasteiger partial charge < -0.3 is 9.72 Å². The Labute approximate surface area is 160 Å². The molecule has 1 fully saturated rings. The van der Waals surface area contributed by atoms with E-state index in [-0.39, 0.29) is 11.8 Å². The van der Waals surface area contributed by atoms with Gasteiger partial charge in [-0.15, -0.1) is 0 Å². The summed E-state index contributed by atoms with van der Waals surface area (Å²) in [6.07, 6.45) is 0.786. The minimum atomic E-state index is -4.40. The van der Waals surface area contributed by atoms with Gasteiger partial charge in [-0.2, -0.15) is 13.2 Å². The molecule has 28 heavy (non-hydrogen) atoms. The third-order valence-electron chi connectivity index (χ3n) is 5.20. The molecule has 146 valence electrons. The maximum Gasteiger partial charge on any atom is 0.417 e. The van der Waals surface area contributed by atoms with Gasteiger partial charge in [0.05, 0.1) is 17.0 Å². The number of carbonyl (C=O) groups excluding carboxylic acids is 1. The first-order chi connectivity index (χ1) is 13.3. The molecule has 0 spiro atoms. The third kappa shape index (κ3) is 3.48. The van der Waals surface area contributed by atoms with Crippen molar-refractivity contribution >= 4 is 17.2 Å². The highest BCUT2D eigenvalue weighted by atomic mass is 19.4. The standard InChI is InChI=1S/C21H20F3N3O/c1-13(28)25-17-9-6-14(7-10-17)19-20(15-4-2-3-5-15)27-12-16(21(22,23)24)8-11-18(27)26-19/h6-12,15H,2-5H2,1H3,(H,25,28). The van der Waals surface area contributed by atoms with Crippen molar-refractivity contribution in [2.24, 2.45) is 0 Å². The van der Waals surface area contributed by atoms with Crippen LogP contribution in [0.4, 0.5) is 18.9 Å². The van der Waals surface area contributed by atoms with Gasteiger partial charge >= 0.3 is 6.18 Å². The monoisotopic (exact) mass is 387 g/mol. The second-order valence-electron chi connectivity index (χ2n) is 7.23. The lowest BCUT2D eigenvalue weighted by atomic mass is 9.98. The normalized spacial score (nSPS) is 15.3. The van der Waals surface area contributed by atoms with E-state index in [1.54, 1.807) is 16.5 Å². The Bertz CT molecular complexity index is 1020. The second-order valence-corrected chi connectivity index (χ2v) is 7.23. The van der Waals surface area contributed by atoms with Crippen LogP contribution in [0, 0.1) is 0 Å². The molecule has 1 saturated carbocycles. The number of pyridine rings is 1. The SMILES string of the molecule is CC(=O)Nc1ccc(-c2nc3ccc(C(F)(F)F)cn3c2C2CCCC2)cc1. The van der Waals surface area contributed by atoms with E-state index in [2.05, 4.69) is 10.3 Å². The molecule has 0 bridgehead atoms. The van der Waals surface area contributed by atoms with Crippen LogP contribution in [0.15, 0.2) is 42.6 Å². The highest BCUT2D eigenvalue weighted by Gasteiger charge is 2.32. The molecule has 3 aromatic rings. The highest BCUT2D eigenvalue weighted by molar-refractivity contribution is 5.89. The summed E-state index contributed by atoms with van der Waals surface area (Å²) in [5.41, 5.74) is 2.88. The van der Waals surface area contributed by atoms with Crippen molar-refractivity contribution in [3.8, 4) is 11.3 Å². The van der Waals surface area contributed by atoms with E-state index in [0.29, 0.717) is 17.0 Å². The molecule has 1 N–H and O–H groups in total. The van der Waals surface area contributed by atoms with E-state index in [0.717, 1.165) is 49.2 Å². The fraction of sp³-hybridized carbons (Fsp3) is 0.333. The van der Waals surface area contributed by atoms with Crippen LogP contribution in [0.25, 0.3) is 16.9 Å². The summed E-state index contributed by atoms with van der Waals surface area (Å²) in [7, 11) is 0. The lowest BCUT2D eigenvalue weighted by Crippen LogP contribution is -2.08. The van der Waals surface area contributed by atoms with Gasteiger partial charge in [0.1, 0.15) is 5.65 Å². The van der Waals surface area contributed by atoms with E-state index in [1.165, 1.54) is 13.0 Å². The first-order valence-electron chi connectivity index (χ1n) is 9.30. The van der Waals surface area contributed by atoms with E-state index < -0.39 is 11.7 Å². The van der Waals surface area contributed by atoms with E-state index in [4.69, 9.17) is 0 Å². The van der Waals surface area contributed by atoms with Crippen molar-refractivity contribution in [1.82, 2.24) is 9.38 Å². The zero-order chi connectivity index (χ0) is 19.9. The first-order valence-corrected chi connectivity index (χ1v) is 9.30. The predicted octanol–water partition coefficient (Wildman–Crippen LogP) is 5.64. The number of fused-ring (bicyclic) bond motifs is 1. The number of anilines is 1. The van der Waals surface area contributed by atoms with Gasteiger partial charge in [0.15, 0.2) is 0 Å². The number of aromatic nitrogens is 2. The number of halogens is 3. The number of hydrogen-bond acceptors (Lipinski definition) is 2. The average Bonchev–Trinajstić information content (AvgIpc) is 3.27. The van der Waals surface area contributed by atoms with Crippen molar-refractivity contribution in [3.05, 3.63) is 53.9 Å². The summed E-state index contributed by atoms with van der Waals surface area (Å²) in [6.45, 7) is 1.44. The summed E-state index contributed by atoms with van der Waals surface area (Å²) in [4.78, 5) is 15.9. The van der Waals surface area contributed by atoms with E-state index >= 15 is 0 Å². The number of rotatable bonds is 3. The van der Waals surface area contributed by atoms with Gasteiger partial charge in [-0.05, 0) is 37.1 Å². The number of alkyl halides is 3. The lowest BCUT2D eigenvalue weighted by molar-refractivity contribution is -0.137. The number of carbonyl (C=O) groups is 1. The van der Waals surface area contributed by atoms with Crippen molar-refractivity contribution < 1.29 is 18.0 Å². The molecule has 1 amide bonds. The van der Waals surface area contributed by atoms with Crippen LogP contribution in [0.2, 0.25) is 0 Å². The van der Waals surface area contributed by atoms with Crippen molar-refractivity contribution in [1.29, 1.82) is 0 Å². The molecule has 2 aromatic heterocycles. The molecular weight excluding hydrogens is 367 g/mol. The van der Waals surface area contributed by atoms with E-state index in [9.17, 15) is 18.0 Å². The zero-order valence-electron chi connectivity index (χ0n) is 15.4. The molecule has 0 saturated heterocycles. The van der Waals surface area contributed by atoms with Crippen molar-refractivity contribution in [2.75, 3.05) is 5.32 Å². The third-order valence-corrected chi connectivity index (χ3v) is 5.20. The fourth-order valence-electron chi connectivity index (χ4n) is 3.95. The second kappa shape index (κ2) is 6.96. The van der Waals surface area contributed by atoms with Crippen LogP contribution < -0.4 is 5.32 Å². The van der Waals surface area contributed by atoms with E-state index in [1.807, 2.05) is 12.1 Å². The number of nitrogens with one attached hydrogen (secondary N) is 1. The van der Waals surface area contributed by atoms with Gasteiger partial charge in [-0.1, -0.05) is 25.0 Å². The fourth-order valence-corrected chi connectivity index (χ4v) is 3.95. The molecule has 1 aromatic carbocycles. The molecule has 4 rings (SSSR count). The largest absolute Gasteiger partial charge is 0.417 e. The Hall–Kier alpha value is -2.83. The number of nitrogens with zero attached hydrogens (tertiary/aromatic N) is 2. The lowest BCUT2D eigenvalue weighted by Gasteiger charge is -2.14. The molecule has 1 aliphatic rings. The molecule has 0 atom stereocenters. The Kier molecular flexibility index (Phi) is 4.61. The molecule has 1 aliphatic carbocycles. The number of hydrogen-bond donors (Lipinski definition) is 1. The number of amides is 1. The number of imidazole rings is 1. The van der Waals surface area contributed by atoms with Gasteiger partial charge in [-0.25, -0.2) is 4.98 Å². The highest BCUT2D eigenvalue weighted by Crippen LogP contribution is 2.40. The molecular formula is C21H20F3N3O. The molecule has 7 heteroatoms. The molecule has 4 nitrogen and oxygen atoms in total. The maximum atomic E-state index is 13.2. The zero-order valence-corrected chi connectivity index (χ0v) is 15.4. The minimum Gasteiger partial charge on any atom is -0.326 e. The van der Waals surface area contributed by atoms with Gasteiger partial charge in [-0.3, -0.25) is 4.79 Å². The Morgan fingerprint density at radius 3 is 2.39 bits per heavy atom. The van der Waals surface area contributed by atoms with Crippen LogP contribution >= 0.6 is 0 Å². The van der Waals surface area contributed by atoms with Crippen LogP contribution in [0.5, 0.6) is 0 Å².